The van der Waals surface area contributed by atoms with E-state index in [2.05, 4.69) is 4.84 Å². The molecule has 1 rings (SSSR count). The van der Waals surface area contributed by atoms with E-state index in [0.717, 1.165) is 0 Å². The minimum atomic E-state index is -0.565. The first kappa shape index (κ1) is 10.5. The van der Waals surface area contributed by atoms with Gasteiger partial charge >= 0.3 is 0 Å². The van der Waals surface area contributed by atoms with Crippen molar-refractivity contribution in [1.82, 2.24) is 0 Å². The minimum Gasteiger partial charge on any atom is -0.298 e. The number of non-ortho nitro benzene ring substituents is 1. The van der Waals surface area contributed by atoms with E-state index in [-0.39, 0.29) is 17.0 Å². The van der Waals surface area contributed by atoms with Crippen LogP contribution in [-0.2, 0) is 0 Å². The van der Waals surface area contributed by atoms with E-state index in [0.29, 0.717) is 5.69 Å². The van der Waals surface area contributed by atoms with Gasteiger partial charge in [0, 0.05) is 29.5 Å². The smallest absolute Gasteiger partial charge is 0.270 e. The molecular weight excluding hydrogens is 208 g/mol. The Morgan fingerprint density at radius 2 is 2.21 bits per heavy atom. The quantitative estimate of drug-likeness (QED) is 0.363. The first-order chi connectivity index (χ1) is 6.56. The molecule has 0 fully saturated rings. The Hall–Kier alpha value is -1.62. The molecule has 74 valence electrons. The molecule has 6 heteroatoms. The van der Waals surface area contributed by atoms with Gasteiger partial charge in [0.2, 0.25) is 0 Å². The van der Waals surface area contributed by atoms with Crippen molar-refractivity contribution in [2.45, 2.75) is 6.92 Å². The van der Waals surface area contributed by atoms with E-state index >= 15 is 0 Å². The number of anilines is 1. The van der Waals surface area contributed by atoms with Gasteiger partial charge in [0.1, 0.15) is 0 Å². The zero-order valence-corrected chi connectivity index (χ0v) is 8.04. The minimum absolute atomic E-state index is 0.133. The molecule has 0 unspecified atom stereocenters. The summed E-state index contributed by atoms with van der Waals surface area (Å²) in [4.78, 5) is 23.2. The number of hydrogen-bond acceptors (Lipinski definition) is 4. The summed E-state index contributed by atoms with van der Waals surface area (Å²) in [5.74, 6) is -0.281. The number of benzene rings is 1. The number of carbonyl (C=O) groups excluding carboxylic acids is 1. The standard InChI is InChI=1S/C8H7ClN2O3/c1-5(12)7-4-6(11(13)14)2-3-8(7)10-9/h2-4,10H,1H3. The Morgan fingerprint density at radius 3 is 2.64 bits per heavy atom. The lowest BCUT2D eigenvalue weighted by Gasteiger charge is -2.03. The molecule has 0 aliphatic rings. The van der Waals surface area contributed by atoms with E-state index in [9.17, 15) is 14.9 Å². The average Bonchev–Trinajstić information content (AvgIpc) is 2.16. The zero-order chi connectivity index (χ0) is 10.7. The molecule has 0 aromatic heterocycles. The molecule has 0 heterocycles. The van der Waals surface area contributed by atoms with Crippen LogP contribution in [0.4, 0.5) is 11.4 Å². The molecule has 0 atom stereocenters. The van der Waals surface area contributed by atoms with Crippen LogP contribution < -0.4 is 4.84 Å². The molecule has 0 radical (unpaired) electrons. The lowest BCUT2D eigenvalue weighted by molar-refractivity contribution is -0.384. The highest BCUT2D eigenvalue weighted by Crippen LogP contribution is 2.22. The largest absolute Gasteiger partial charge is 0.298 e. The van der Waals surface area contributed by atoms with Gasteiger partial charge in [-0.25, -0.2) is 0 Å². The van der Waals surface area contributed by atoms with Gasteiger partial charge in [-0.2, -0.15) is 0 Å². The number of nitro benzene ring substituents is 1. The van der Waals surface area contributed by atoms with E-state index in [4.69, 9.17) is 11.8 Å². The molecule has 0 saturated carbocycles. The number of Topliss-reactive ketones (excluding diaryl/α,β-unsaturated/α-hetero) is 1. The Bertz CT molecular complexity index is 392. The highest BCUT2D eigenvalue weighted by Gasteiger charge is 2.13. The maximum atomic E-state index is 11.1. The van der Waals surface area contributed by atoms with Crippen LogP contribution in [0.5, 0.6) is 0 Å². The molecule has 0 bridgehead atoms. The summed E-state index contributed by atoms with van der Waals surface area (Å²) in [5, 5.41) is 10.4. The van der Waals surface area contributed by atoms with Crippen LogP contribution in [0.1, 0.15) is 17.3 Å². The molecular formula is C8H7ClN2O3. The van der Waals surface area contributed by atoms with Crippen LogP contribution in [0.3, 0.4) is 0 Å². The van der Waals surface area contributed by atoms with E-state index in [1.54, 1.807) is 0 Å². The van der Waals surface area contributed by atoms with Crippen molar-refractivity contribution in [2.24, 2.45) is 0 Å². The van der Waals surface area contributed by atoms with Crippen LogP contribution in [0.2, 0.25) is 0 Å². The second kappa shape index (κ2) is 4.06. The monoisotopic (exact) mass is 214 g/mol. The van der Waals surface area contributed by atoms with Gasteiger partial charge < -0.3 is 0 Å². The molecule has 1 N–H and O–H groups in total. The van der Waals surface area contributed by atoms with Gasteiger partial charge in [0.25, 0.3) is 5.69 Å². The van der Waals surface area contributed by atoms with Gasteiger partial charge in [0.15, 0.2) is 5.78 Å². The zero-order valence-electron chi connectivity index (χ0n) is 7.28. The number of halogens is 1. The SMILES string of the molecule is CC(=O)c1cc([N+](=O)[O-])ccc1NCl. The summed E-state index contributed by atoms with van der Waals surface area (Å²) < 4.78 is 0. The van der Waals surface area contributed by atoms with Crippen LogP contribution in [0.15, 0.2) is 18.2 Å². The Labute approximate surface area is 84.9 Å². The molecule has 0 spiro atoms. The fourth-order valence-corrected chi connectivity index (χ4v) is 1.18. The average molecular weight is 215 g/mol. The number of nitrogens with one attached hydrogen (secondary N) is 1. The fourth-order valence-electron chi connectivity index (χ4n) is 1.02. The normalized spacial score (nSPS) is 9.57. The number of hydrogen-bond donors (Lipinski definition) is 1. The Morgan fingerprint density at radius 1 is 1.57 bits per heavy atom. The highest BCUT2D eigenvalue weighted by molar-refractivity contribution is 6.25. The highest BCUT2D eigenvalue weighted by atomic mass is 35.5. The third-order valence-electron chi connectivity index (χ3n) is 1.70. The van der Waals surface area contributed by atoms with Crippen LogP contribution >= 0.6 is 11.8 Å². The molecule has 1 aromatic rings. The van der Waals surface area contributed by atoms with Gasteiger partial charge in [-0.1, -0.05) is 0 Å². The van der Waals surface area contributed by atoms with Crippen molar-refractivity contribution in [3.05, 3.63) is 33.9 Å². The van der Waals surface area contributed by atoms with Gasteiger partial charge in [-0.3, -0.25) is 19.7 Å². The number of nitro groups is 1. The predicted octanol–water partition coefficient (Wildman–Crippen LogP) is 2.36. The maximum absolute atomic E-state index is 11.1. The summed E-state index contributed by atoms with van der Waals surface area (Å²) in [6.45, 7) is 1.32. The summed E-state index contributed by atoms with van der Waals surface area (Å²) in [6, 6.07) is 3.85. The molecule has 0 saturated heterocycles. The second-order valence-electron chi connectivity index (χ2n) is 2.64. The summed E-state index contributed by atoms with van der Waals surface area (Å²) >= 11 is 5.34. The number of rotatable bonds is 3. The van der Waals surface area contributed by atoms with Gasteiger partial charge in [-0.05, 0) is 13.0 Å². The third-order valence-corrected chi connectivity index (χ3v) is 1.90. The summed E-state index contributed by atoms with van der Waals surface area (Å²) in [6.07, 6.45) is 0. The number of ketones is 1. The van der Waals surface area contributed by atoms with Crippen molar-refractivity contribution in [3.8, 4) is 0 Å². The van der Waals surface area contributed by atoms with Crippen molar-refractivity contribution in [1.29, 1.82) is 0 Å². The number of nitrogens with zero attached hydrogens (tertiary/aromatic N) is 1. The second-order valence-corrected chi connectivity index (χ2v) is 2.83. The van der Waals surface area contributed by atoms with Gasteiger partial charge in [-0.15, -0.1) is 0 Å². The fraction of sp³-hybridized carbons (Fsp3) is 0.125. The lowest BCUT2D eigenvalue weighted by Crippen LogP contribution is -1.99. The van der Waals surface area contributed by atoms with Crippen molar-refractivity contribution < 1.29 is 9.72 Å². The Kier molecular flexibility index (Phi) is 3.03. The molecule has 1 aromatic carbocycles. The van der Waals surface area contributed by atoms with Crippen LogP contribution in [-0.4, -0.2) is 10.7 Å². The van der Waals surface area contributed by atoms with Crippen molar-refractivity contribution in [3.63, 3.8) is 0 Å². The van der Waals surface area contributed by atoms with E-state index < -0.39 is 4.92 Å². The summed E-state index contributed by atoms with van der Waals surface area (Å²) in [5.41, 5.74) is 0.435. The van der Waals surface area contributed by atoms with Crippen LogP contribution in [0.25, 0.3) is 0 Å². The molecule has 0 aliphatic heterocycles. The predicted molar refractivity (Wildman–Crippen MR) is 52.6 cm³/mol. The lowest BCUT2D eigenvalue weighted by atomic mass is 10.1. The molecule has 0 aliphatic carbocycles. The number of carbonyl (C=O) groups is 1. The topological polar surface area (TPSA) is 72.2 Å². The molecule has 5 nitrogen and oxygen atoms in total. The first-order valence-corrected chi connectivity index (χ1v) is 4.10. The summed E-state index contributed by atoms with van der Waals surface area (Å²) in [7, 11) is 0. The molecule has 14 heavy (non-hydrogen) atoms. The van der Waals surface area contributed by atoms with E-state index in [1.165, 1.54) is 25.1 Å². The van der Waals surface area contributed by atoms with Crippen LogP contribution in [0, 0.1) is 10.1 Å². The van der Waals surface area contributed by atoms with E-state index in [1.807, 2.05) is 0 Å². The maximum Gasteiger partial charge on any atom is 0.270 e. The third kappa shape index (κ3) is 2.00. The first-order valence-electron chi connectivity index (χ1n) is 3.72. The van der Waals surface area contributed by atoms with Gasteiger partial charge in [0.05, 0.1) is 10.6 Å². The van der Waals surface area contributed by atoms with Crippen molar-refractivity contribution >= 4 is 28.9 Å². The Balaban J connectivity index is 3.27. The molecule has 0 amide bonds. The van der Waals surface area contributed by atoms with Crippen molar-refractivity contribution in [2.75, 3.05) is 4.84 Å².